The molecule has 2 rings (SSSR count). The molecule has 2 fully saturated rings. The van der Waals surface area contributed by atoms with E-state index >= 15 is 0 Å². The summed E-state index contributed by atoms with van der Waals surface area (Å²) < 4.78 is 17.2. The van der Waals surface area contributed by atoms with E-state index < -0.39 is 6.10 Å². The first-order valence-electron chi connectivity index (χ1n) is 12.3. The Hall–Kier alpha value is -1.92. The van der Waals surface area contributed by atoms with Crippen molar-refractivity contribution in [1.82, 2.24) is 5.32 Å². The zero-order valence-electron chi connectivity index (χ0n) is 21.3. The van der Waals surface area contributed by atoms with Gasteiger partial charge in [0.15, 0.2) is 0 Å². The number of hydrogen-bond donors (Lipinski definition) is 1. The van der Waals surface area contributed by atoms with E-state index in [1.807, 2.05) is 6.92 Å². The number of esters is 1. The maximum absolute atomic E-state index is 12.3. The average Bonchev–Trinajstić information content (AvgIpc) is 2.73. The normalized spacial score (nSPS) is 30.7. The Labute approximate surface area is 199 Å². The molecule has 0 aromatic heterocycles. The van der Waals surface area contributed by atoms with E-state index in [4.69, 9.17) is 14.2 Å². The fraction of sp³-hybridized carbons (Fsp3) is 0.704. The van der Waals surface area contributed by atoms with E-state index in [1.165, 1.54) is 24.1 Å². The molecule has 6 nitrogen and oxygen atoms in total. The van der Waals surface area contributed by atoms with Gasteiger partial charge >= 0.3 is 5.97 Å². The Balaban J connectivity index is 1.80. The van der Waals surface area contributed by atoms with Crippen molar-refractivity contribution >= 4 is 11.9 Å². The van der Waals surface area contributed by atoms with Gasteiger partial charge in [0.25, 0.3) is 0 Å². The average molecular weight is 462 g/mol. The number of nitrogens with one attached hydrogen (secondary N) is 1. The van der Waals surface area contributed by atoms with Gasteiger partial charge in [-0.15, -0.1) is 0 Å². The molecule has 0 radical (unpaired) electrons. The number of rotatable bonds is 9. The summed E-state index contributed by atoms with van der Waals surface area (Å²) in [5, 5.41) is 3.03. The van der Waals surface area contributed by atoms with Crippen LogP contribution in [0.25, 0.3) is 0 Å². The van der Waals surface area contributed by atoms with Crippen LogP contribution in [0.2, 0.25) is 0 Å². The monoisotopic (exact) mass is 461 g/mol. The van der Waals surface area contributed by atoms with E-state index in [-0.39, 0.29) is 36.2 Å². The number of allylic oxidation sites excluding steroid dienone is 1. The van der Waals surface area contributed by atoms with Crippen molar-refractivity contribution in [2.45, 2.75) is 104 Å². The summed E-state index contributed by atoms with van der Waals surface area (Å²) in [6.07, 6.45) is 9.95. The van der Waals surface area contributed by atoms with Crippen LogP contribution in [0.1, 0.15) is 73.6 Å². The number of amides is 1. The lowest BCUT2D eigenvalue weighted by atomic mass is 9.87. The van der Waals surface area contributed by atoms with E-state index in [0.29, 0.717) is 11.8 Å². The summed E-state index contributed by atoms with van der Waals surface area (Å²) in [4.78, 5) is 23.3. The highest BCUT2D eigenvalue weighted by Crippen LogP contribution is 2.30. The molecule has 7 atom stereocenters. The molecule has 1 unspecified atom stereocenters. The lowest BCUT2D eigenvalue weighted by molar-refractivity contribution is -0.143. The molecule has 6 heteroatoms. The molecule has 0 saturated carbocycles. The molecule has 0 aliphatic carbocycles. The zero-order valence-corrected chi connectivity index (χ0v) is 21.3. The van der Waals surface area contributed by atoms with Gasteiger partial charge in [0.05, 0.1) is 31.0 Å². The fourth-order valence-corrected chi connectivity index (χ4v) is 4.67. The van der Waals surface area contributed by atoms with Gasteiger partial charge in [0.1, 0.15) is 6.10 Å². The molecule has 2 saturated heterocycles. The molecular weight excluding hydrogens is 418 g/mol. The first-order chi connectivity index (χ1) is 15.5. The number of carbonyl (C=O) groups excluding carboxylic acids is 2. The quantitative estimate of drug-likeness (QED) is 0.301. The van der Waals surface area contributed by atoms with Crippen LogP contribution < -0.4 is 5.32 Å². The molecule has 0 aromatic rings. The maximum atomic E-state index is 12.3. The van der Waals surface area contributed by atoms with Crippen LogP contribution in [0.3, 0.4) is 0 Å². The Kier molecular flexibility index (Phi) is 10.8. The zero-order chi connectivity index (χ0) is 24.5. The number of hydrogen-bond acceptors (Lipinski definition) is 5. The van der Waals surface area contributed by atoms with Crippen LogP contribution in [0, 0.1) is 11.8 Å². The third kappa shape index (κ3) is 9.46. The Morgan fingerprint density at radius 3 is 2.67 bits per heavy atom. The van der Waals surface area contributed by atoms with Crippen LogP contribution in [0.5, 0.6) is 0 Å². The van der Waals surface area contributed by atoms with Crippen molar-refractivity contribution < 1.29 is 23.8 Å². The smallest absolute Gasteiger partial charge is 0.303 e. The molecule has 0 bridgehead atoms. The van der Waals surface area contributed by atoms with Crippen LogP contribution in [0.4, 0.5) is 0 Å². The second kappa shape index (κ2) is 13.1. The lowest BCUT2D eigenvalue weighted by Gasteiger charge is -2.39. The predicted molar refractivity (Wildman–Crippen MR) is 131 cm³/mol. The summed E-state index contributed by atoms with van der Waals surface area (Å²) in [7, 11) is 0. The second-order valence-corrected chi connectivity index (χ2v) is 9.96. The molecule has 33 heavy (non-hydrogen) atoms. The van der Waals surface area contributed by atoms with Gasteiger partial charge in [-0.2, -0.15) is 0 Å². The third-order valence-corrected chi connectivity index (χ3v) is 6.67. The van der Waals surface area contributed by atoms with Gasteiger partial charge in [-0.1, -0.05) is 37.6 Å². The third-order valence-electron chi connectivity index (χ3n) is 6.67. The van der Waals surface area contributed by atoms with Crippen LogP contribution in [-0.2, 0) is 23.8 Å². The summed E-state index contributed by atoms with van der Waals surface area (Å²) >= 11 is 0. The summed E-state index contributed by atoms with van der Waals surface area (Å²) in [6.45, 7) is 16.6. The second-order valence-electron chi connectivity index (χ2n) is 9.96. The van der Waals surface area contributed by atoms with E-state index in [2.05, 4.69) is 38.7 Å². The first kappa shape index (κ1) is 27.3. The molecule has 1 amide bonds. The minimum Gasteiger partial charge on any atom is -0.459 e. The fourth-order valence-electron chi connectivity index (χ4n) is 4.67. The summed E-state index contributed by atoms with van der Waals surface area (Å²) in [5.74, 6) is 0.242. The Morgan fingerprint density at radius 1 is 1.27 bits per heavy atom. The van der Waals surface area contributed by atoms with Crippen LogP contribution in [0.15, 0.2) is 36.0 Å². The van der Waals surface area contributed by atoms with Crippen molar-refractivity contribution in [3.05, 3.63) is 36.0 Å². The highest BCUT2D eigenvalue weighted by atomic mass is 16.5. The van der Waals surface area contributed by atoms with Crippen molar-refractivity contribution in [2.24, 2.45) is 11.8 Å². The van der Waals surface area contributed by atoms with E-state index in [9.17, 15) is 9.59 Å². The summed E-state index contributed by atoms with van der Waals surface area (Å²) in [6, 6.07) is -0.0425. The summed E-state index contributed by atoms with van der Waals surface area (Å²) in [5.41, 5.74) is 2.67. The van der Waals surface area contributed by atoms with Crippen molar-refractivity contribution in [2.75, 3.05) is 6.61 Å². The van der Waals surface area contributed by atoms with Crippen LogP contribution >= 0.6 is 0 Å². The van der Waals surface area contributed by atoms with Gasteiger partial charge in [-0.05, 0) is 70.8 Å². The highest BCUT2D eigenvalue weighted by Gasteiger charge is 2.33. The lowest BCUT2D eigenvalue weighted by Crippen LogP contribution is -2.50. The van der Waals surface area contributed by atoms with Crippen molar-refractivity contribution in [3.8, 4) is 0 Å². The molecule has 0 spiro atoms. The first-order valence-corrected chi connectivity index (χ1v) is 12.3. The van der Waals surface area contributed by atoms with Gasteiger partial charge in [-0.25, -0.2) is 0 Å². The van der Waals surface area contributed by atoms with Gasteiger partial charge in [0.2, 0.25) is 5.91 Å². The number of carbonyl (C=O) groups is 2. The van der Waals surface area contributed by atoms with Crippen molar-refractivity contribution in [1.29, 1.82) is 0 Å². The predicted octanol–water partition coefficient (Wildman–Crippen LogP) is 4.89. The number of ether oxygens (including phenoxy) is 3. The minimum absolute atomic E-state index is 0.0425. The largest absolute Gasteiger partial charge is 0.459 e. The van der Waals surface area contributed by atoms with E-state index in [0.717, 1.165) is 38.7 Å². The SMILES string of the molecule is C=C1CCO[C@H](C(C)C/C(C)=C/C[C@@H]2O[C@H](C)[C@H](NC(=O)/C=C\[C@H](C)OC(C)=O)C[C@@H]2C)C1. The molecule has 2 heterocycles. The minimum atomic E-state index is -0.433. The van der Waals surface area contributed by atoms with Gasteiger partial charge < -0.3 is 19.5 Å². The molecule has 2 aliphatic rings. The van der Waals surface area contributed by atoms with Crippen LogP contribution in [-0.4, -0.2) is 48.9 Å². The van der Waals surface area contributed by atoms with E-state index in [1.54, 1.807) is 13.0 Å². The molecule has 2 aliphatic heterocycles. The molecule has 1 N–H and O–H groups in total. The molecule has 186 valence electrons. The van der Waals surface area contributed by atoms with Gasteiger partial charge in [0, 0.05) is 13.0 Å². The maximum Gasteiger partial charge on any atom is 0.303 e. The standard InChI is InChI=1S/C27H43NO5/c1-17(14-19(3)26-15-18(2)12-13-31-26)8-10-25-20(4)16-24(22(6)33-25)28-27(30)11-9-21(5)32-23(7)29/h8-9,11,19-22,24-26H,2,10,12-16H2,1,3-7H3,(H,28,30)/b11-9-,17-8+/t19?,20-,21-,22+,24+,25-,26-/m0/s1. The highest BCUT2D eigenvalue weighted by molar-refractivity contribution is 5.87. The van der Waals surface area contributed by atoms with Gasteiger partial charge in [-0.3, -0.25) is 9.59 Å². The topological polar surface area (TPSA) is 73.9 Å². The molecular formula is C27H43NO5. The Morgan fingerprint density at radius 2 is 2.00 bits per heavy atom. The molecule has 0 aromatic carbocycles. The van der Waals surface area contributed by atoms with Crippen molar-refractivity contribution in [3.63, 3.8) is 0 Å². The Bertz CT molecular complexity index is 743.